The summed E-state index contributed by atoms with van der Waals surface area (Å²) in [6, 6.07) is 13.5. The van der Waals surface area contributed by atoms with Crippen LogP contribution in [0.1, 0.15) is 24.0 Å². The number of nitrogens with one attached hydrogen (secondary N) is 1. The summed E-state index contributed by atoms with van der Waals surface area (Å²) >= 11 is 0. The summed E-state index contributed by atoms with van der Waals surface area (Å²) in [5.41, 5.74) is 2.68. The van der Waals surface area contributed by atoms with Crippen LogP contribution in [0.15, 0.2) is 54.9 Å². The highest BCUT2D eigenvalue weighted by Crippen LogP contribution is 2.18. The maximum Gasteiger partial charge on any atom is 0.303 e. The molecule has 6 nitrogen and oxygen atoms in total. The summed E-state index contributed by atoms with van der Waals surface area (Å²) in [4.78, 5) is 32.7. The number of carbonyl (C=O) groups excluding carboxylic acids is 1. The Kier molecular flexibility index (Phi) is 5.63. The van der Waals surface area contributed by atoms with E-state index in [2.05, 4.69) is 9.97 Å². The Morgan fingerprint density at radius 2 is 1.92 bits per heavy atom. The second-order valence-electron chi connectivity index (χ2n) is 6.19. The predicted octanol–water partition coefficient (Wildman–Crippen LogP) is 3.00. The monoisotopic (exact) mass is 351 g/mol. The number of aliphatic carboxylic acids is 1. The Morgan fingerprint density at radius 3 is 2.69 bits per heavy atom. The van der Waals surface area contributed by atoms with Crippen molar-refractivity contribution >= 4 is 22.9 Å². The zero-order valence-electron chi connectivity index (χ0n) is 14.4. The van der Waals surface area contributed by atoms with Crippen molar-refractivity contribution in [2.75, 3.05) is 6.54 Å². The van der Waals surface area contributed by atoms with E-state index in [9.17, 15) is 9.59 Å². The number of hydrogen-bond donors (Lipinski definition) is 2. The van der Waals surface area contributed by atoms with Gasteiger partial charge in [-0.25, -0.2) is 4.98 Å². The van der Waals surface area contributed by atoms with Gasteiger partial charge in [-0.1, -0.05) is 30.3 Å². The first-order valence-electron chi connectivity index (χ1n) is 8.58. The molecule has 26 heavy (non-hydrogen) atoms. The Labute approximate surface area is 151 Å². The van der Waals surface area contributed by atoms with Crippen LogP contribution in [-0.2, 0) is 22.6 Å². The molecule has 1 aromatic carbocycles. The molecule has 2 N–H and O–H groups in total. The number of aromatic amines is 1. The lowest BCUT2D eigenvalue weighted by molar-refractivity contribution is -0.138. The van der Waals surface area contributed by atoms with Gasteiger partial charge in [0.05, 0.1) is 6.42 Å². The summed E-state index contributed by atoms with van der Waals surface area (Å²) in [5.74, 6) is -0.871. The fourth-order valence-electron chi connectivity index (χ4n) is 2.95. The van der Waals surface area contributed by atoms with Crippen LogP contribution in [0.3, 0.4) is 0 Å². The Bertz CT molecular complexity index is 889. The molecule has 0 aliphatic carbocycles. The van der Waals surface area contributed by atoms with E-state index in [1.54, 1.807) is 11.1 Å². The number of carboxylic acids is 1. The van der Waals surface area contributed by atoms with Gasteiger partial charge in [0.25, 0.3) is 0 Å². The van der Waals surface area contributed by atoms with E-state index in [1.807, 2.05) is 48.7 Å². The van der Waals surface area contributed by atoms with Crippen LogP contribution in [0.2, 0.25) is 0 Å². The average molecular weight is 351 g/mol. The molecule has 0 saturated heterocycles. The van der Waals surface area contributed by atoms with Crippen LogP contribution >= 0.6 is 0 Å². The molecule has 3 aromatic rings. The summed E-state index contributed by atoms with van der Waals surface area (Å²) < 4.78 is 0. The Hall–Kier alpha value is -3.15. The molecular weight excluding hydrogens is 330 g/mol. The third-order valence-electron chi connectivity index (χ3n) is 4.27. The molecule has 0 saturated carbocycles. The minimum absolute atomic E-state index is 0.0241. The third kappa shape index (κ3) is 4.47. The summed E-state index contributed by atoms with van der Waals surface area (Å²) in [7, 11) is 0. The normalized spacial score (nSPS) is 10.8. The quantitative estimate of drug-likeness (QED) is 0.653. The number of pyridine rings is 1. The van der Waals surface area contributed by atoms with Gasteiger partial charge in [-0.05, 0) is 29.7 Å². The van der Waals surface area contributed by atoms with Crippen LogP contribution in [-0.4, -0.2) is 38.4 Å². The molecule has 0 unspecified atom stereocenters. The first kappa shape index (κ1) is 17.7. The zero-order valence-corrected chi connectivity index (χ0v) is 14.4. The van der Waals surface area contributed by atoms with Crippen molar-refractivity contribution in [1.29, 1.82) is 0 Å². The first-order chi connectivity index (χ1) is 12.6. The maximum absolute atomic E-state index is 12.9. The standard InChI is InChI=1S/C20H21N3O3/c24-18(12-16-13-22-20-17(16)8-4-10-21-20)23(11-5-9-19(25)26)14-15-6-2-1-3-7-15/h1-4,6-8,10,13H,5,9,11-12,14H2,(H,21,22)(H,25,26). The lowest BCUT2D eigenvalue weighted by Crippen LogP contribution is -2.33. The Balaban J connectivity index is 1.73. The molecular formula is C20H21N3O3. The third-order valence-corrected chi connectivity index (χ3v) is 4.27. The van der Waals surface area contributed by atoms with Gasteiger partial charge < -0.3 is 15.0 Å². The molecule has 1 amide bonds. The van der Waals surface area contributed by atoms with Gasteiger partial charge in [0.15, 0.2) is 0 Å². The lowest BCUT2D eigenvalue weighted by atomic mass is 10.1. The summed E-state index contributed by atoms with van der Waals surface area (Å²) in [6.07, 6.45) is 4.26. The highest BCUT2D eigenvalue weighted by molar-refractivity contribution is 5.87. The van der Waals surface area contributed by atoms with E-state index >= 15 is 0 Å². The fourth-order valence-corrected chi connectivity index (χ4v) is 2.95. The summed E-state index contributed by atoms with van der Waals surface area (Å²) in [6.45, 7) is 0.889. The van der Waals surface area contributed by atoms with Gasteiger partial charge in [-0.15, -0.1) is 0 Å². The van der Waals surface area contributed by atoms with Gasteiger partial charge in [0.2, 0.25) is 5.91 Å². The minimum Gasteiger partial charge on any atom is -0.481 e. The van der Waals surface area contributed by atoms with Crippen LogP contribution in [0.4, 0.5) is 0 Å². The molecule has 0 atom stereocenters. The molecule has 0 bridgehead atoms. The number of carboxylic acid groups (broad SMARTS) is 1. The molecule has 6 heteroatoms. The number of fused-ring (bicyclic) bond motifs is 1. The number of benzene rings is 1. The molecule has 0 aliphatic rings. The van der Waals surface area contributed by atoms with Crippen molar-refractivity contribution in [2.45, 2.75) is 25.8 Å². The highest BCUT2D eigenvalue weighted by atomic mass is 16.4. The first-order valence-corrected chi connectivity index (χ1v) is 8.58. The highest BCUT2D eigenvalue weighted by Gasteiger charge is 2.17. The van der Waals surface area contributed by atoms with Gasteiger partial charge >= 0.3 is 5.97 Å². The second-order valence-corrected chi connectivity index (χ2v) is 6.19. The van der Waals surface area contributed by atoms with Crippen molar-refractivity contribution in [3.63, 3.8) is 0 Å². The number of aromatic nitrogens is 2. The van der Waals surface area contributed by atoms with Crippen molar-refractivity contribution in [3.8, 4) is 0 Å². The van der Waals surface area contributed by atoms with Gasteiger partial charge in [-0.2, -0.15) is 0 Å². The number of hydrogen-bond acceptors (Lipinski definition) is 3. The van der Waals surface area contributed by atoms with Crippen molar-refractivity contribution in [1.82, 2.24) is 14.9 Å². The number of H-pyrrole nitrogens is 1. The molecule has 2 aromatic heterocycles. The number of rotatable bonds is 8. The van der Waals surface area contributed by atoms with E-state index in [0.29, 0.717) is 19.5 Å². The largest absolute Gasteiger partial charge is 0.481 e. The van der Waals surface area contributed by atoms with Crippen molar-refractivity contribution in [2.24, 2.45) is 0 Å². The maximum atomic E-state index is 12.9. The average Bonchev–Trinajstić information content (AvgIpc) is 3.04. The minimum atomic E-state index is -0.847. The number of nitrogens with zero attached hydrogens (tertiary/aromatic N) is 2. The van der Waals surface area contributed by atoms with E-state index in [4.69, 9.17) is 5.11 Å². The number of carbonyl (C=O) groups is 2. The molecule has 3 rings (SSSR count). The summed E-state index contributed by atoms with van der Waals surface area (Å²) in [5, 5.41) is 9.80. The van der Waals surface area contributed by atoms with E-state index in [0.717, 1.165) is 22.2 Å². The molecule has 2 heterocycles. The molecule has 0 aliphatic heterocycles. The molecule has 0 fully saturated rings. The molecule has 0 spiro atoms. The fraction of sp³-hybridized carbons (Fsp3) is 0.250. The van der Waals surface area contributed by atoms with Crippen molar-refractivity contribution < 1.29 is 14.7 Å². The zero-order chi connectivity index (χ0) is 18.4. The smallest absolute Gasteiger partial charge is 0.303 e. The number of amides is 1. The lowest BCUT2D eigenvalue weighted by Gasteiger charge is -2.22. The topological polar surface area (TPSA) is 86.3 Å². The predicted molar refractivity (Wildman–Crippen MR) is 98.5 cm³/mol. The van der Waals surface area contributed by atoms with Gasteiger partial charge in [0.1, 0.15) is 5.65 Å². The van der Waals surface area contributed by atoms with E-state index in [1.165, 1.54) is 0 Å². The van der Waals surface area contributed by atoms with E-state index in [-0.39, 0.29) is 18.7 Å². The van der Waals surface area contributed by atoms with E-state index < -0.39 is 5.97 Å². The van der Waals surface area contributed by atoms with Crippen LogP contribution < -0.4 is 0 Å². The van der Waals surface area contributed by atoms with Gasteiger partial charge in [0, 0.05) is 37.3 Å². The van der Waals surface area contributed by atoms with Crippen LogP contribution in [0, 0.1) is 0 Å². The molecule has 134 valence electrons. The van der Waals surface area contributed by atoms with Crippen molar-refractivity contribution in [3.05, 3.63) is 66.0 Å². The van der Waals surface area contributed by atoms with Crippen LogP contribution in [0.5, 0.6) is 0 Å². The Morgan fingerprint density at radius 1 is 1.12 bits per heavy atom. The molecule has 0 radical (unpaired) electrons. The second kappa shape index (κ2) is 8.29. The van der Waals surface area contributed by atoms with Crippen LogP contribution in [0.25, 0.3) is 11.0 Å². The van der Waals surface area contributed by atoms with Gasteiger partial charge in [-0.3, -0.25) is 9.59 Å². The SMILES string of the molecule is O=C(O)CCCN(Cc1ccccc1)C(=O)Cc1c[nH]c2ncccc12.